The Morgan fingerprint density at radius 3 is 2.33 bits per heavy atom. The van der Waals surface area contributed by atoms with E-state index in [9.17, 15) is 28.3 Å². The zero-order valence-electron chi connectivity index (χ0n) is 18.9. The van der Waals surface area contributed by atoms with Crippen molar-refractivity contribution in [3.05, 3.63) is 35.4 Å². The number of nitrogens with one attached hydrogen (secondary N) is 1. The Labute approximate surface area is 190 Å². The van der Waals surface area contributed by atoms with E-state index in [0.717, 1.165) is 12.1 Å². The predicted molar refractivity (Wildman–Crippen MR) is 111 cm³/mol. The fourth-order valence-electron chi connectivity index (χ4n) is 3.95. The van der Waals surface area contributed by atoms with Crippen LogP contribution in [0, 0.1) is 11.6 Å². The molecule has 2 heterocycles. The first-order valence-electron chi connectivity index (χ1n) is 10.8. The number of hydrogen-bond acceptors (Lipinski definition) is 7. The lowest BCUT2D eigenvalue weighted by molar-refractivity contribution is -0.164. The number of amides is 2. The van der Waals surface area contributed by atoms with Gasteiger partial charge in [0.2, 0.25) is 5.60 Å². The minimum Gasteiger partial charge on any atom is -0.427 e. The predicted octanol–water partition coefficient (Wildman–Crippen LogP) is 1.88. The zero-order valence-corrected chi connectivity index (χ0v) is 18.9. The van der Waals surface area contributed by atoms with Crippen LogP contribution in [-0.2, 0) is 25.7 Å². The van der Waals surface area contributed by atoms with Crippen molar-refractivity contribution in [2.45, 2.75) is 63.8 Å². The van der Waals surface area contributed by atoms with Crippen molar-refractivity contribution in [2.75, 3.05) is 19.6 Å². The van der Waals surface area contributed by atoms with Gasteiger partial charge < -0.3 is 24.9 Å². The molecule has 0 bridgehead atoms. The van der Waals surface area contributed by atoms with Crippen molar-refractivity contribution in [3.63, 3.8) is 0 Å². The maximum absolute atomic E-state index is 13.3. The first-order valence-corrected chi connectivity index (χ1v) is 10.8. The number of rotatable bonds is 5. The average molecular weight is 469 g/mol. The van der Waals surface area contributed by atoms with Crippen LogP contribution in [0.4, 0.5) is 13.6 Å². The molecule has 9 nitrogen and oxygen atoms in total. The second-order valence-electron chi connectivity index (χ2n) is 9.29. The molecule has 2 aliphatic rings. The summed E-state index contributed by atoms with van der Waals surface area (Å²) in [5.41, 5.74) is -2.74. The van der Waals surface area contributed by atoms with Crippen LogP contribution >= 0.6 is 0 Å². The molecular formula is C22H29F2N3O6. The van der Waals surface area contributed by atoms with E-state index >= 15 is 0 Å². The summed E-state index contributed by atoms with van der Waals surface area (Å²) in [5, 5.41) is 14.6. The summed E-state index contributed by atoms with van der Waals surface area (Å²) in [7, 11) is 0. The molecule has 3 rings (SSSR count). The van der Waals surface area contributed by atoms with Gasteiger partial charge in [0.1, 0.15) is 17.2 Å². The summed E-state index contributed by atoms with van der Waals surface area (Å²) in [5.74, 6) is -3.20. The Kier molecular flexibility index (Phi) is 7.23. The van der Waals surface area contributed by atoms with Crippen LogP contribution in [0.5, 0.6) is 0 Å². The molecule has 1 aromatic carbocycles. The molecule has 182 valence electrons. The number of piperidine rings is 1. The van der Waals surface area contributed by atoms with Crippen molar-refractivity contribution in [3.8, 4) is 0 Å². The van der Waals surface area contributed by atoms with Crippen LogP contribution in [0.3, 0.4) is 0 Å². The maximum Gasteiger partial charge on any atom is 0.528 e. The zero-order chi connectivity index (χ0) is 24.4. The second-order valence-corrected chi connectivity index (χ2v) is 9.29. The summed E-state index contributed by atoms with van der Waals surface area (Å²) in [6, 6.07) is 2.60. The fourth-order valence-corrected chi connectivity index (χ4v) is 3.95. The standard InChI is InChI=1S/C22H29F2N3O6/c1-21(2,3)32-20(30)33-26-7-4-17(5-8-26)27-9-6-22(31,19(27)29)18(28)25-13-14-10-15(23)12-16(24)11-14/h10-12,17,31H,4-9,13H2,1-3H3,(H,25,28)/t22-/m1/s1. The number of hydroxylamine groups is 2. The molecule has 2 amide bonds. The number of nitrogens with zero attached hydrogens (tertiary/aromatic N) is 2. The Morgan fingerprint density at radius 2 is 1.76 bits per heavy atom. The van der Waals surface area contributed by atoms with Gasteiger partial charge in [0.25, 0.3) is 11.8 Å². The Morgan fingerprint density at radius 1 is 1.15 bits per heavy atom. The Bertz CT molecular complexity index is 894. The van der Waals surface area contributed by atoms with E-state index in [4.69, 9.17) is 9.57 Å². The van der Waals surface area contributed by atoms with Crippen molar-refractivity contribution >= 4 is 18.0 Å². The number of hydrogen-bond donors (Lipinski definition) is 2. The van der Waals surface area contributed by atoms with Crippen LogP contribution in [0.15, 0.2) is 18.2 Å². The van der Waals surface area contributed by atoms with E-state index < -0.39 is 40.8 Å². The molecule has 0 aliphatic carbocycles. The number of aliphatic hydroxyl groups is 1. The van der Waals surface area contributed by atoms with Gasteiger partial charge in [-0.15, -0.1) is 5.06 Å². The smallest absolute Gasteiger partial charge is 0.427 e. The third-order valence-corrected chi connectivity index (χ3v) is 5.54. The minimum atomic E-state index is -2.24. The summed E-state index contributed by atoms with van der Waals surface area (Å²) in [6.07, 6.45) is 0.0652. The normalized spacial score (nSPS) is 22.4. The van der Waals surface area contributed by atoms with Crippen molar-refractivity contribution in [2.24, 2.45) is 0 Å². The van der Waals surface area contributed by atoms with Gasteiger partial charge in [0, 0.05) is 44.7 Å². The van der Waals surface area contributed by atoms with Crippen LogP contribution in [0.1, 0.15) is 45.6 Å². The monoisotopic (exact) mass is 469 g/mol. The van der Waals surface area contributed by atoms with Crippen molar-refractivity contribution in [1.29, 1.82) is 0 Å². The van der Waals surface area contributed by atoms with Gasteiger partial charge in [-0.05, 0) is 51.3 Å². The van der Waals surface area contributed by atoms with Gasteiger partial charge in [-0.2, -0.15) is 0 Å². The van der Waals surface area contributed by atoms with Crippen molar-refractivity contribution < 1.29 is 37.8 Å². The molecule has 0 aromatic heterocycles. The van der Waals surface area contributed by atoms with Crippen LogP contribution in [0.2, 0.25) is 0 Å². The third-order valence-electron chi connectivity index (χ3n) is 5.54. The highest BCUT2D eigenvalue weighted by molar-refractivity contribution is 6.09. The number of benzene rings is 1. The number of likely N-dealkylation sites (tertiary alicyclic amines) is 1. The molecule has 2 N–H and O–H groups in total. The number of ether oxygens (including phenoxy) is 1. The lowest BCUT2D eigenvalue weighted by atomic mass is 10.0. The summed E-state index contributed by atoms with van der Waals surface area (Å²) in [4.78, 5) is 43.9. The Balaban J connectivity index is 1.51. The average Bonchev–Trinajstić information content (AvgIpc) is 3.00. The second kappa shape index (κ2) is 9.60. The number of carbonyl (C=O) groups is 3. The van der Waals surface area contributed by atoms with E-state index in [1.165, 1.54) is 9.96 Å². The summed E-state index contributed by atoms with van der Waals surface area (Å²) in [6.45, 7) is 5.87. The molecule has 0 spiro atoms. The first kappa shape index (κ1) is 24.8. The van der Waals surface area contributed by atoms with E-state index in [1.807, 2.05) is 0 Å². The van der Waals surface area contributed by atoms with Gasteiger partial charge in [-0.25, -0.2) is 13.6 Å². The molecule has 1 atom stereocenters. The van der Waals surface area contributed by atoms with E-state index in [1.54, 1.807) is 20.8 Å². The largest absolute Gasteiger partial charge is 0.528 e. The molecule has 33 heavy (non-hydrogen) atoms. The quantitative estimate of drug-likeness (QED) is 0.501. The van der Waals surface area contributed by atoms with E-state index in [0.29, 0.717) is 32.0 Å². The van der Waals surface area contributed by atoms with Gasteiger partial charge in [-0.3, -0.25) is 9.59 Å². The molecule has 1 aromatic rings. The van der Waals surface area contributed by atoms with Crippen molar-refractivity contribution in [1.82, 2.24) is 15.3 Å². The van der Waals surface area contributed by atoms with E-state index in [-0.39, 0.29) is 31.1 Å². The van der Waals surface area contributed by atoms with Crippen LogP contribution in [-0.4, -0.2) is 69.9 Å². The van der Waals surface area contributed by atoms with Crippen LogP contribution < -0.4 is 5.32 Å². The molecular weight excluding hydrogens is 440 g/mol. The minimum absolute atomic E-state index is 0.0935. The van der Waals surface area contributed by atoms with Gasteiger partial charge in [0.05, 0.1) is 0 Å². The van der Waals surface area contributed by atoms with Gasteiger partial charge in [0.15, 0.2) is 0 Å². The Hall–Kier alpha value is -2.79. The molecule has 2 saturated heterocycles. The highest BCUT2D eigenvalue weighted by Crippen LogP contribution is 2.29. The fraction of sp³-hybridized carbons (Fsp3) is 0.591. The van der Waals surface area contributed by atoms with Gasteiger partial charge in [-0.1, -0.05) is 0 Å². The molecule has 2 fully saturated rings. The summed E-state index contributed by atoms with van der Waals surface area (Å²) < 4.78 is 31.8. The highest BCUT2D eigenvalue weighted by atomic mass is 19.1. The SMILES string of the molecule is CC(C)(C)OC(=O)ON1CCC(N2CC[C@@](O)(C(=O)NCc3cc(F)cc(F)c3)C2=O)CC1. The highest BCUT2D eigenvalue weighted by Gasteiger charge is 2.53. The maximum atomic E-state index is 13.3. The first-order chi connectivity index (χ1) is 15.4. The lowest BCUT2D eigenvalue weighted by Crippen LogP contribution is -2.54. The molecule has 0 unspecified atom stereocenters. The topological polar surface area (TPSA) is 108 Å². The third kappa shape index (κ3) is 6.17. The number of halogens is 2. The van der Waals surface area contributed by atoms with E-state index in [2.05, 4.69) is 5.32 Å². The van der Waals surface area contributed by atoms with Gasteiger partial charge >= 0.3 is 6.16 Å². The molecule has 11 heteroatoms. The molecule has 0 radical (unpaired) electrons. The number of carbonyl (C=O) groups excluding carboxylic acids is 3. The summed E-state index contributed by atoms with van der Waals surface area (Å²) >= 11 is 0. The molecule has 2 aliphatic heterocycles. The lowest BCUT2D eigenvalue weighted by Gasteiger charge is -2.36. The van der Waals surface area contributed by atoms with Crippen LogP contribution in [0.25, 0.3) is 0 Å². The molecule has 0 saturated carbocycles.